The Morgan fingerprint density at radius 1 is 1.41 bits per heavy atom. The lowest BCUT2D eigenvalue weighted by Crippen LogP contribution is -2.14. The van der Waals surface area contributed by atoms with Gasteiger partial charge in [0, 0.05) is 12.7 Å². The van der Waals surface area contributed by atoms with Crippen molar-refractivity contribution in [2.45, 2.75) is 6.10 Å². The molecule has 0 aliphatic rings. The van der Waals surface area contributed by atoms with Crippen LogP contribution in [0.2, 0.25) is 0 Å². The molecule has 0 radical (unpaired) electrons. The van der Waals surface area contributed by atoms with E-state index in [1.807, 2.05) is 0 Å². The van der Waals surface area contributed by atoms with Crippen LogP contribution in [0.15, 0.2) is 6.07 Å². The number of ether oxygens (including phenoxy) is 1. The summed E-state index contributed by atoms with van der Waals surface area (Å²) in [6.45, 7) is -0.498. The second-order valence-electron chi connectivity index (χ2n) is 3.19. The maximum Gasteiger partial charge on any atom is 0.332 e. The molecule has 1 unspecified atom stereocenters. The second kappa shape index (κ2) is 5.24. The molecule has 1 atom stereocenters. The molecule has 17 heavy (non-hydrogen) atoms. The number of hydrogen-bond acceptors (Lipinski definition) is 3. The molecular formula is C10H8F4O3. The molecule has 1 aromatic carbocycles. The Morgan fingerprint density at radius 2 is 2.00 bits per heavy atom. The minimum atomic E-state index is -2.17. The van der Waals surface area contributed by atoms with E-state index in [4.69, 9.17) is 0 Å². The predicted molar refractivity (Wildman–Crippen MR) is 48.6 cm³/mol. The third-order valence-corrected chi connectivity index (χ3v) is 2.07. The third kappa shape index (κ3) is 2.62. The molecule has 7 heteroatoms. The first-order valence-electron chi connectivity index (χ1n) is 4.44. The summed E-state index contributed by atoms with van der Waals surface area (Å²) < 4.78 is 56.0. The highest BCUT2D eigenvalue weighted by molar-refractivity contribution is 5.90. The Balaban J connectivity index is 3.43. The van der Waals surface area contributed by atoms with Crippen molar-refractivity contribution in [2.24, 2.45) is 0 Å². The normalized spacial score (nSPS) is 12.6. The minimum absolute atomic E-state index is 0.189. The molecule has 3 nitrogen and oxygen atoms in total. The molecule has 0 bridgehead atoms. The average molecular weight is 252 g/mol. The van der Waals surface area contributed by atoms with Crippen LogP contribution in [0, 0.1) is 17.5 Å². The fourth-order valence-electron chi connectivity index (χ4n) is 1.34. The number of halogens is 4. The molecule has 0 amide bonds. The van der Waals surface area contributed by atoms with Gasteiger partial charge < -0.3 is 9.84 Å². The van der Waals surface area contributed by atoms with Gasteiger partial charge in [-0.15, -0.1) is 0 Å². The van der Waals surface area contributed by atoms with Gasteiger partial charge in [-0.25, -0.2) is 13.2 Å². The van der Waals surface area contributed by atoms with E-state index in [9.17, 15) is 27.5 Å². The van der Waals surface area contributed by atoms with E-state index in [-0.39, 0.29) is 6.07 Å². The fraction of sp³-hybridized carbons (Fsp3) is 0.300. The Labute approximate surface area is 93.6 Å². The minimum Gasteiger partial charge on any atom is -0.386 e. The van der Waals surface area contributed by atoms with Gasteiger partial charge in [0.05, 0.1) is 12.2 Å². The van der Waals surface area contributed by atoms with Crippen molar-refractivity contribution in [2.75, 3.05) is 13.7 Å². The fourth-order valence-corrected chi connectivity index (χ4v) is 1.34. The number of methoxy groups -OCH3 is 1. The number of benzene rings is 1. The molecule has 1 rings (SSSR count). The molecule has 0 aliphatic carbocycles. The standard InChI is InChI=1S/C10H8F4O3/c1-17-3-6(15)7-4(10(14)16)2-5(11)8(12)9(7)13/h2,6,15H,3H2,1H3. The van der Waals surface area contributed by atoms with Crippen molar-refractivity contribution in [3.05, 3.63) is 34.6 Å². The summed E-state index contributed by atoms with van der Waals surface area (Å²) in [5.74, 6) is -5.41. The van der Waals surface area contributed by atoms with E-state index in [0.29, 0.717) is 0 Å². The van der Waals surface area contributed by atoms with Gasteiger partial charge in [0.1, 0.15) is 6.10 Å². The number of aliphatic hydroxyl groups excluding tert-OH is 1. The van der Waals surface area contributed by atoms with E-state index in [2.05, 4.69) is 4.74 Å². The molecule has 0 saturated heterocycles. The van der Waals surface area contributed by atoms with Crippen molar-refractivity contribution in [3.63, 3.8) is 0 Å². The summed E-state index contributed by atoms with van der Waals surface area (Å²) in [6, 6.07) is -1.98. The Bertz CT molecular complexity index is 448. The van der Waals surface area contributed by atoms with Gasteiger partial charge in [0.15, 0.2) is 17.5 Å². The molecule has 94 valence electrons. The summed E-state index contributed by atoms with van der Waals surface area (Å²) in [5, 5.41) is 9.37. The maximum absolute atomic E-state index is 13.3. The summed E-state index contributed by atoms with van der Waals surface area (Å²) in [4.78, 5) is 10.5. The summed E-state index contributed by atoms with van der Waals surface area (Å²) in [5.41, 5.74) is -2.02. The van der Waals surface area contributed by atoms with Gasteiger partial charge >= 0.3 is 6.04 Å². The third-order valence-electron chi connectivity index (χ3n) is 2.07. The van der Waals surface area contributed by atoms with Crippen LogP contribution in [0.5, 0.6) is 0 Å². The summed E-state index contributed by atoms with van der Waals surface area (Å²) >= 11 is 0. The molecule has 0 aliphatic heterocycles. The molecule has 0 spiro atoms. The van der Waals surface area contributed by atoms with Gasteiger partial charge in [0.25, 0.3) is 0 Å². The number of hydrogen-bond donors (Lipinski definition) is 1. The number of carbonyl (C=O) groups excluding carboxylic acids is 1. The lowest BCUT2D eigenvalue weighted by Gasteiger charge is -2.14. The van der Waals surface area contributed by atoms with Crippen molar-refractivity contribution in [1.82, 2.24) is 0 Å². The molecule has 0 aromatic heterocycles. The highest BCUT2D eigenvalue weighted by Gasteiger charge is 2.27. The maximum atomic E-state index is 13.3. The van der Waals surface area contributed by atoms with Crippen LogP contribution in [0.1, 0.15) is 22.0 Å². The molecule has 0 saturated carbocycles. The SMILES string of the molecule is COCC(O)c1c(C(=O)F)cc(F)c(F)c1F. The van der Waals surface area contributed by atoms with Crippen LogP contribution in [0.25, 0.3) is 0 Å². The number of rotatable bonds is 4. The summed E-state index contributed by atoms with van der Waals surface area (Å²) in [6.07, 6.45) is -1.77. The van der Waals surface area contributed by atoms with Crippen molar-refractivity contribution in [1.29, 1.82) is 0 Å². The molecule has 1 aromatic rings. The Hall–Kier alpha value is -1.47. The van der Waals surface area contributed by atoms with Gasteiger partial charge in [0.2, 0.25) is 0 Å². The van der Waals surface area contributed by atoms with Crippen LogP contribution in [0.3, 0.4) is 0 Å². The van der Waals surface area contributed by atoms with Crippen LogP contribution in [0.4, 0.5) is 17.6 Å². The van der Waals surface area contributed by atoms with E-state index in [0.717, 1.165) is 7.11 Å². The topological polar surface area (TPSA) is 46.5 Å². The second-order valence-corrected chi connectivity index (χ2v) is 3.19. The monoisotopic (exact) mass is 252 g/mol. The van der Waals surface area contributed by atoms with Crippen molar-refractivity contribution in [3.8, 4) is 0 Å². The quantitative estimate of drug-likeness (QED) is 0.505. The van der Waals surface area contributed by atoms with E-state index < -0.39 is 47.3 Å². The van der Waals surface area contributed by atoms with Crippen molar-refractivity contribution >= 4 is 6.04 Å². The Kier molecular flexibility index (Phi) is 4.19. The molecule has 0 heterocycles. The van der Waals surface area contributed by atoms with Gasteiger partial charge in [-0.3, -0.25) is 4.79 Å². The number of aliphatic hydroxyl groups is 1. The van der Waals surface area contributed by atoms with Crippen LogP contribution < -0.4 is 0 Å². The molecular weight excluding hydrogens is 244 g/mol. The predicted octanol–water partition coefficient (Wildman–Crippen LogP) is 1.89. The van der Waals surface area contributed by atoms with E-state index in [1.165, 1.54) is 0 Å². The highest BCUT2D eigenvalue weighted by atomic mass is 19.2. The first-order valence-corrected chi connectivity index (χ1v) is 4.44. The zero-order valence-corrected chi connectivity index (χ0v) is 8.64. The first-order chi connectivity index (χ1) is 7.90. The first kappa shape index (κ1) is 13.6. The van der Waals surface area contributed by atoms with Crippen LogP contribution in [-0.4, -0.2) is 24.9 Å². The zero-order chi connectivity index (χ0) is 13.2. The molecule has 1 N–H and O–H groups in total. The van der Waals surface area contributed by atoms with Gasteiger partial charge in [-0.1, -0.05) is 0 Å². The average Bonchev–Trinajstić information content (AvgIpc) is 2.25. The van der Waals surface area contributed by atoms with Crippen molar-refractivity contribution < 1.29 is 32.2 Å². The lowest BCUT2D eigenvalue weighted by atomic mass is 10.0. The van der Waals surface area contributed by atoms with Crippen LogP contribution >= 0.6 is 0 Å². The number of carbonyl (C=O) groups is 1. The van der Waals surface area contributed by atoms with E-state index in [1.54, 1.807) is 0 Å². The zero-order valence-electron chi connectivity index (χ0n) is 8.64. The van der Waals surface area contributed by atoms with Crippen LogP contribution in [-0.2, 0) is 4.74 Å². The lowest BCUT2D eigenvalue weighted by molar-refractivity contribution is 0.0592. The molecule has 0 fully saturated rings. The smallest absolute Gasteiger partial charge is 0.332 e. The van der Waals surface area contributed by atoms with E-state index >= 15 is 0 Å². The highest BCUT2D eigenvalue weighted by Crippen LogP contribution is 2.26. The Morgan fingerprint density at radius 3 is 2.47 bits per heavy atom. The summed E-state index contributed by atoms with van der Waals surface area (Å²) in [7, 11) is 1.15. The largest absolute Gasteiger partial charge is 0.386 e. The van der Waals surface area contributed by atoms with Gasteiger partial charge in [-0.2, -0.15) is 4.39 Å². The van der Waals surface area contributed by atoms with Gasteiger partial charge in [-0.05, 0) is 6.07 Å².